The van der Waals surface area contributed by atoms with Crippen LogP contribution in [-0.2, 0) is 13.5 Å². The van der Waals surface area contributed by atoms with Crippen LogP contribution in [0.15, 0.2) is 24.8 Å². The molecule has 1 fully saturated rings. The highest BCUT2D eigenvalue weighted by molar-refractivity contribution is 5.59. The quantitative estimate of drug-likeness (QED) is 0.903. The fraction of sp³-hybridized carbons (Fsp3) is 0.500. The second-order valence-corrected chi connectivity index (χ2v) is 5.15. The van der Waals surface area contributed by atoms with Gasteiger partial charge < -0.3 is 5.32 Å². The van der Waals surface area contributed by atoms with Crippen LogP contribution in [0.5, 0.6) is 0 Å². The molecule has 0 saturated carbocycles. The zero-order valence-electron chi connectivity index (χ0n) is 11.2. The van der Waals surface area contributed by atoms with Crippen molar-refractivity contribution in [2.75, 3.05) is 13.1 Å². The lowest BCUT2D eigenvalue weighted by Crippen LogP contribution is -2.29. The first-order chi connectivity index (χ1) is 9.33. The SMILES string of the molecule is Cn1cc(-c2nccnc2CC2CCNCC2)cn1. The van der Waals surface area contributed by atoms with Gasteiger partial charge in [-0.15, -0.1) is 0 Å². The van der Waals surface area contributed by atoms with Gasteiger partial charge in [0.25, 0.3) is 0 Å². The third kappa shape index (κ3) is 2.81. The summed E-state index contributed by atoms with van der Waals surface area (Å²) in [5, 5.41) is 7.62. The number of hydrogen-bond donors (Lipinski definition) is 1. The third-order valence-electron chi connectivity index (χ3n) is 3.69. The molecule has 0 aromatic carbocycles. The molecule has 1 N–H and O–H groups in total. The normalized spacial score (nSPS) is 16.7. The molecule has 5 nitrogen and oxygen atoms in total. The molecule has 19 heavy (non-hydrogen) atoms. The molecule has 1 aliphatic heterocycles. The van der Waals surface area contributed by atoms with E-state index in [0.29, 0.717) is 5.92 Å². The van der Waals surface area contributed by atoms with E-state index in [4.69, 9.17) is 0 Å². The fourth-order valence-corrected chi connectivity index (χ4v) is 2.66. The fourth-order valence-electron chi connectivity index (χ4n) is 2.66. The Balaban J connectivity index is 1.84. The molecule has 1 aliphatic rings. The summed E-state index contributed by atoms with van der Waals surface area (Å²) in [5.74, 6) is 0.716. The summed E-state index contributed by atoms with van der Waals surface area (Å²) in [4.78, 5) is 9.03. The molecule has 100 valence electrons. The average molecular weight is 257 g/mol. The van der Waals surface area contributed by atoms with E-state index in [-0.39, 0.29) is 0 Å². The molecule has 1 saturated heterocycles. The summed E-state index contributed by atoms with van der Waals surface area (Å²) in [6.07, 6.45) is 10.9. The number of rotatable bonds is 3. The molecule has 0 aliphatic carbocycles. The molecule has 3 rings (SSSR count). The van der Waals surface area contributed by atoms with Crippen LogP contribution < -0.4 is 5.32 Å². The number of aromatic nitrogens is 4. The molecule has 0 atom stereocenters. The van der Waals surface area contributed by atoms with E-state index in [1.54, 1.807) is 17.1 Å². The van der Waals surface area contributed by atoms with Crippen LogP contribution in [0.1, 0.15) is 18.5 Å². The summed E-state index contributed by atoms with van der Waals surface area (Å²) < 4.78 is 1.80. The van der Waals surface area contributed by atoms with Gasteiger partial charge in [0, 0.05) is 31.2 Å². The van der Waals surface area contributed by atoms with Gasteiger partial charge in [-0.05, 0) is 38.3 Å². The van der Waals surface area contributed by atoms with Gasteiger partial charge in [-0.1, -0.05) is 0 Å². The first kappa shape index (κ1) is 12.3. The van der Waals surface area contributed by atoms with Crippen LogP contribution in [-0.4, -0.2) is 32.8 Å². The molecular weight excluding hydrogens is 238 g/mol. The van der Waals surface area contributed by atoms with Gasteiger partial charge >= 0.3 is 0 Å². The lowest BCUT2D eigenvalue weighted by atomic mass is 9.92. The molecule has 0 amide bonds. The van der Waals surface area contributed by atoms with Gasteiger partial charge in [0.05, 0.1) is 17.6 Å². The molecule has 0 spiro atoms. The average Bonchev–Trinajstić information content (AvgIpc) is 2.87. The van der Waals surface area contributed by atoms with Gasteiger partial charge in [-0.3, -0.25) is 14.6 Å². The van der Waals surface area contributed by atoms with Crippen LogP contribution in [0.3, 0.4) is 0 Å². The molecule has 0 radical (unpaired) electrons. The van der Waals surface area contributed by atoms with Crippen LogP contribution in [0.2, 0.25) is 0 Å². The number of nitrogens with one attached hydrogen (secondary N) is 1. The molecule has 2 aromatic heterocycles. The monoisotopic (exact) mass is 257 g/mol. The highest BCUT2D eigenvalue weighted by Gasteiger charge is 2.17. The van der Waals surface area contributed by atoms with Crippen molar-refractivity contribution in [2.45, 2.75) is 19.3 Å². The molecule has 2 aromatic rings. The highest BCUT2D eigenvalue weighted by Crippen LogP contribution is 2.24. The summed E-state index contributed by atoms with van der Waals surface area (Å²) >= 11 is 0. The summed E-state index contributed by atoms with van der Waals surface area (Å²) in [7, 11) is 1.92. The van der Waals surface area contributed by atoms with E-state index in [1.807, 2.05) is 19.4 Å². The van der Waals surface area contributed by atoms with Crippen molar-refractivity contribution in [3.8, 4) is 11.3 Å². The predicted octanol–water partition coefficient (Wildman–Crippen LogP) is 1.42. The minimum absolute atomic E-state index is 0.716. The molecule has 3 heterocycles. The standard InChI is InChI=1S/C14H19N5/c1-19-10-12(9-18-19)14-13(16-6-7-17-14)8-11-2-4-15-5-3-11/h6-7,9-11,15H,2-5,8H2,1H3. The second-order valence-electron chi connectivity index (χ2n) is 5.15. The van der Waals surface area contributed by atoms with Crippen LogP contribution in [0.4, 0.5) is 0 Å². The smallest absolute Gasteiger partial charge is 0.0948 e. The Labute approximate surface area is 113 Å². The summed E-state index contributed by atoms with van der Waals surface area (Å²) in [5.41, 5.74) is 3.14. The lowest BCUT2D eigenvalue weighted by molar-refractivity contribution is 0.370. The van der Waals surface area contributed by atoms with Crippen molar-refractivity contribution in [3.63, 3.8) is 0 Å². The molecule has 5 heteroatoms. The maximum atomic E-state index is 4.54. The van der Waals surface area contributed by atoms with E-state index in [0.717, 1.165) is 36.5 Å². The zero-order valence-corrected chi connectivity index (χ0v) is 11.2. The van der Waals surface area contributed by atoms with Crippen LogP contribution in [0, 0.1) is 5.92 Å². The van der Waals surface area contributed by atoms with E-state index in [9.17, 15) is 0 Å². The van der Waals surface area contributed by atoms with E-state index in [2.05, 4.69) is 20.4 Å². The third-order valence-corrected chi connectivity index (χ3v) is 3.69. The van der Waals surface area contributed by atoms with E-state index in [1.165, 1.54) is 12.8 Å². The van der Waals surface area contributed by atoms with Crippen molar-refractivity contribution < 1.29 is 0 Å². The minimum atomic E-state index is 0.716. The number of nitrogens with zero attached hydrogens (tertiary/aromatic N) is 4. The molecule has 0 unspecified atom stereocenters. The second kappa shape index (κ2) is 5.48. The molecular formula is C14H19N5. The van der Waals surface area contributed by atoms with Gasteiger partial charge in [0.15, 0.2) is 0 Å². The Morgan fingerprint density at radius 2 is 2.05 bits per heavy atom. The summed E-state index contributed by atoms with van der Waals surface area (Å²) in [6, 6.07) is 0. The first-order valence-electron chi connectivity index (χ1n) is 6.82. The number of aryl methyl sites for hydroxylation is 1. The van der Waals surface area contributed by atoms with E-state index >= 15 is 0 Å². The van der Waals surface area contributed by atoms with Crippen LogP contribution >= 0.6 is 0 Å². The van der Waals surface area contributed by atoms with Crippen molar-refractivity contribution in [3.05, 3.63) is 30.5 Å². The maximum absolute atomic E-state index is 4.54. The predicted molar refractivity (Wildman–Crippen MR) is 73.5 cm³/mol. The van der Waals surface area contributed by atoms with Crippen molar-refractivity contribution in [1.82, 2.24) is 25.1 Å². The minimum Gasteiger partial charge on any atom is -0.317 e. The van der Waals surface area contributed by atoms with Gasteiger partial charge in [-0.2, -0.15) is 5.10 Å². The lowest BCUT2D eigenvalue weighted by Gasteiger charge is -2.22. The Morgan fingerprint density at radius 1 is 1.26 bits per heavy atom. The zero-order chi connectivity index (χ0) is 13.1. The van der Waals surface area contributed by atoms with Crippen molar-refractivity contribution in [1.29, 1.82) is 0 Å². The van der Waals surface area contributed by atoms with Gasteiger partial charge in [-0.25, -0.2) is 0 Å². The number of piperidine rings is 1. The van der Waals surface area contributed by atoms with Crippen LogP contribution in [0.25, 0.3) is 11.3 Å². The van der Waals surface area contributed by atoms with Crippen molar-refractivity contribution >= 4 is 0 Å². The number of hydrogen-bond acceptors (Lipinski definition) is 4. The highest BCUT2D eigenvalue weighted by atomic mass is 15.2. The van der Waals surface area contributed by atoms with Crippen molar-refractivity contribution in [2.24, 2.45) is 13.0 Å². The largest absolute Gasteiger partial charge is 0.317 e. The van der Waals surface area contributed by atoms with E-state index < -0.39 is 0 Å². The summed E-state index contributed by atoms with van der Waals surface area (Å²) in [6.45, 7) is 2.24. The Morgan fingerprint density at radius 3 is 2.79 bits per heavy atom. The molecule has 0 bridgehead atoms. The Bertz CT molecular complexity index is 542. The van der Waals surface area contributed by atoms with Gasteiger partial charge in [0.2, 0.25) is 0 Å². The maximum Gasteiger partial charge on any atom is 0.0948 e. The van der Waals surface area contributed by atoms with Gasteiger partial charge in [0.1, 0.15) is 0 Å². The topological polar surface area (TPSA) is 55.6 Å². The first-order valence-corrected chi connectivity index (χ1v) is 6.82. The Kier molecular flexibility index (Phi) is 3.55. The Hall–Kier alpha value is -1.75.